The van der Waals surface area contributed by atoms with E-state index in [1.165, 1.54) is 0 Å². The summed E-state index contributed by atoms with van der Waals surface area (Å²) in [6, 6.07) is 0. The number of carbonyl (C=O) groups is 1. The Labute approximate surface area is 60.3 Å². The fourth-order valence-electron chi connectivity index (χ4n) is 0.615. The van der Waals surface area contributed by atoms with Crippen molar-refractivity contribution in [3.05, 3.63) is 12.7 Å². The molecular formula is C7H11O3. The summed E-state index contributed by atoms with van der Waals surface area (Å²) in [5.74, 6) is 0. The van der Waals surface area contributed by atoms with Gasteiger partial charge in [-0.1, -0.05) is 6.08 Å². The van der Waals surface area contributed by atoms with Gasteiger partial charge in [-0.2, -0.15) is 9.90 Å². The Morgan fingerprint density at radius 2 is 2.20 bits per heavy atom. The van der Waals surface area contributed by atoms with Gasteiger partial charge in [0.05, 0.1) is 0 Å². The van der Waals surface area contributed by atoms with Crippen LogP contribution in [-0.2, 0) is 9.84 Å². The first-order valence-corrected chi connectivity index (χ1v) is 2.99. The van der Waals surface area contributed by atoms with E-state index in [9.17, 15) is 9.90 Å². The number of carbonyl (C=O) groups excluding carboxylic acids is 1. The van der Waals surface area contributed by atoms with Crippen molar-refractivity contribution in [3.8, 4) is 0 Å². The van der Waals surface area contributed by atoms with Crippen LogP contribution in [0.1, 0.15) is 20.3 Å². The Morgan fingerprint density at radius 1 is 1.70 bits per heavy atom. The summed E-state index contributed by atoms with van der Waals surface area (Å²) in [6.07, 6.45) is 0.594. The molecule has 57 valence electrons. The molecule has 10 heavy (non-hydrogen) atoms. The lowest BCUT2D eigenvalue weighted by Crippen LogP contribution is -2.25. The fraction of sp³-hybridized carbons (Fsp3) is 0.571. The van der Waals surface area contributed by atoms with Crippen molar-refractivity contribution in [1.29, 1.82) is 0 Å². The number of rotatable bonds is 3. The van der Waals surface area contributed by atoms with E-state index in [0.717, 1.165) is 0 Å². The highest BCUT2D eigenvalue weighted by molar-refractivity contribution is 5.57. The Balaban J connectivity index is 3.85. The molecule has 0 amide bonds. The van der Waals surface area contributed by atoms with Crippen LogP contribution in [0.2, 0.25) is 0 Å². The fourth-order valence-corrected chi connectivity index (χ4v) is 0.615. The lowest BCUT2D eigenvalue weighted by molar-refractivity contribution is -0.00928. The quantitative estimate of drug-likeness (QED) is 0.447. The summed E-state index contributed by atoms with van der Waals surface area (Å²) in [4.78, 5) is 9.92. The molecule has 0 aliphatic carbocycles. The monoisotopic (exact) mass is 143 g/mol. The van der Waals surface area contributed by atoms with Gasteiger partial charge in [-0.15, -0.1) is 6.58 Å². The highest BCUT2D eigenvalue weighted by Crippen LogP contribution is 2.14. The molecule has 0 saturated carbocycles. The SMILES string of the molecule is C=CCC(C)(C)OC([O])=O. The number of ether oxygens (including phenoxy) is 1. The number of hydrogen-bond donors (Lipinski definition) is 0. The van der Waals surface area contributed by atoms with E-state index < -0.39 is 11.8 Å². The predicted octanol–water partition coefficient (Wildman–Crippen LogP) is 1.91. The van der Waals surface area contributed by atoms with Crippen LogP contribution in [0.15, 0.2) is 12.7 Å². The molecule has 1 radical (unpaired) electrons. The van der Waals surface area contributed by atoms with Gasteiger partial charge in [0.2, 0.25) is 0 Å². The minimum atomic E-state index is -1.49. The third-order valence-electron chi connectivity index (χ3n) is 0.996. The minimum Gasteiger partial charge on any atom is -0.425 e. The molecule has 0 bridgehead atoms. The van der Waals surface area contributed by atoms with Gasteiger partial charge in [-0.05, 0) is 13.8 Å². The molecule has 0 N–H and O–H groups in total. The van der Waals surface area contributed by atoms with Crippen molar-refractivity contribution >= 4 is 6.16 Å². The molecule has 0 unspecified atom stereocenters. The first-order chi connectivity index (χ1) is 4.48. The van der Waals surface area contributed by atoms with Crippen molar-refractivity contribution in [3.63, 3.8) is 0 Å². The van der Waals surface area contributed by atoms with Crippen LogP contribution >= 0.6 is 0 Å². The van der Waals surface area contributed by atoms with Crippen molar-refractivity contribution in [2.24, 2.45) is 0 Å². The second kappa shape index (κ2) is 3.25. The van der Waals surface area contributed by atoms with Crippen LogP contribution in [0.5, 0.6) is 0 Å². The summed E-state index contributed by atoms with van der Waals surface area (Å²) in [6.45, 7) is 6.77. The van der Waals surface area contributed by atoms with E-state index in [1.807, 2.05) is 0 Å². The molecule has 0 aromatic carbocycles. The van der Waals surface area contributed by atoms with E-state index in [1.54, 1.807) is 19.9 Å². The molecular weight excluding hydrogens is 132 g/mol. The molecule has 0 aliphatic rings. The summed E-state index contributed by atoms with van der Waals surface area (Å²) in [5.41, 5.74) is -0.708. The maximum absolute atomic E-state index is 9.92. The second-order valence-electron chi connectivity index (χ2n) is 2.60. The summed E-state index contributed by atoms with van der Waals surface area (Å²) < 4.78 is 4.41. The first-order valence-electron chi connectivity index (χ1n) is 2.99. The normalized spacial score (nSPS) is 10.6. The standard InChI is InChI=1S/C7H11O3/c1-4-5-7(2,3)10-6(8)9/h4H,1,5H2,2-3H3. The molecule has 0 aromatic rings. The van der Waals surface area contributed by atoms with Crippen molar-refractivity contribution in [2.75, 3.05) is 0 Å². The average molecular weight is 143 g/mol. The Hall–Kier alpha value is -0.990. The van der Waals surface area contributed by atoms with Gasteiger partial charge < -0.3 is 4.74 Å². The summed E-state index contributed by atoms with van der Waals surface area (Å²) in [5, 5.41) is 9.92. The topological polar surface area (TPSA) is 46.2 Å². The molecule has 3 nitrogen and oxygen atoms in total. The van der Waals surface area contributed by atoms with Gasteiger partial charge in [-0.3, -0.25) is 0 Å². The highest BCUT2D eigenvalue weighted by atomic mass is 16.7. The van der Waals surface area contributed by atoms with Crippen molar-refractivity contribution in [2.45, 2.75) is 25.9 Å². The molecule has 0 saturated heterocycles. The van der Waals surface area contributed by atoms with Gasteiger partial charge in [0.15, 0.2) is 0 Å². The summed E-state index contributed by atoms with van der Waals surface area (Å²) in [7, 11) is 0. The molecule has 3 heteroatoms. The molecule has 0 heterocycles. The van der Waals surface area contributed by atoms with Crippen molar-refractivity contribution < 1.29 is 14.6 Å². The van der Waals surface area contributed by atoms with Crippen LogP contribution < -0.4 is 0 Å². The Morgan fingerprint density at radius 3 is 2.50 bits per heavy atom. The van der Waals surface area contributed by atoms with Gasteiger partial charge in [-0.25, -0.2) is 0 Å². The van der Waals surface area contributed by atoms with Crippen LogP contribution in [0.4, 0.5) is 4.79 Å². The van der Waals surface area contributed by atoms with Gasteiger partial charge >= 0.3 is 6.16 Å². The van der Waals surface area contributed by atoms with Gasteiger partial charge in [0, 0.05) is 6.42 Å². The zero-order chi connectivity index (χ0) is 8.20. The smallest absolute Gasteiger partial charge is 0.425 e. The maximum atomic E-state index is 9.92. The van der Waals surface area contributed by atoms with Crippen LogP contribution in [0, 0.1) is 0 Å². The third kappa shape index (κ3) is 3.95. The second-order valence-corrected chi connectivity index (χ2v) is 2.60. The molecule has 0 atom stereocenters. The van der Waals surface area contributed by atoms with E-state index >= 15 is 0 Å². The van der Waals surface area contributed by atoms with Crippen LogP contribution in [0.25, 0.3) is 0 Å². The molecule has 0 fully saturated rings. The lowest BCUT2D eigenvalue weighted by atomic mass is 10.1. The molecule has 0 rings (SSSR count). The highest BCUT2D eigenvalue weighted by Gasteiger charge is 2.21. The van der Waals surface area contributed by atoms with E-state index in [4.69, 9.17) is 0 Å². The number of hydrogen-bond acceptors (Lipinski definition) is 2. The van der Waals surface area contributed by atoms with Crippen LogP contribution in [-0.4, -0.2) is 11.8 Å². The Bertz CT molecular complexity index is 138. The molecule has 0 spiro atoms. The van der Waals surface area contributed by atoms with Crippen LogP contribution in [0.3, 0.4) is 0 Å². The predicted molar refractivity (Wildman–Crippen MR) is 36.1 cm³/mol. The minimum absolute atomic E-state index is 0.487. The zero-order valence-electron chi connectivity index (χ0n) is 6.22. The van der Waals surface area contributed by atoms with E-state index in [0.29, 0.717) is 6.42 Å². The van der Waals surface area contributed by atoms with Gasteiger partial charge in [0.25, 0.3) is 0 Å². The lowest BCUT2D eigenvalue weighted by Gasteiger charge is -2.19. The molecule has 0 aromatic heterocycles. The summed E-state index contributed by atoms with van der Waals surface area (Å²) >= 11 is 0. The zero-order valence-corrected chi connectivity index (χ0v) is 6.22. The van der Waals surface area contributed by atoms with Gasteiger partial charge in [0.1, 0.15) is 5.60 Å². The first kappa shape index (κ1) is 9.01. The largest absolute Gasteiger partial charge is 0.550 e. The average Bonchev–Trinajstić information content (AvgIpc) is 1.59. The molecule has 0 aliphatic heterocycles. The maximum Gasteiger partial charge on any atom is 0.550 e. The Kier molecular flexibility index (Phi) is 2.93. The third-order valence-corrected chi connectivity index (χ3v) is 0.996. The van der Waals surface area contributed by atoms with E-state index in [-0.39, 0.29) is 0 Å². The van der Waals surface area contributed by atoms with E-state index in [2.05, 4.69) is 11.3 Å². The van der Waals surface area contributed by atoms with Crippen molar-refractivity contribution in [1.82, 2.24) is 0 Å².